The quantitative estimate of drug-likeness (QED) is 0.666. The van der Waals surface area contributed by atoms with Gasteiger partial charge in [0.2, 0.25) is 0 Å². The molecular formula is C12H25NO3S. The van der Waals surface area contributed by atoms with Gasteiger partial charge < -0.3 is 0 Å². The van der Waals surface area contributed by atoms with Crippen LogP contribution in [0, 0.1) is 0 Å². The number of ketones is 1. The van der Waals surface area contributed by atoms with Gasteiger partial charge in [0, 0.05) is 12.7 Å². The Morgan fingerprint density at radius 3 is 1.94 bits per heavy atom. The van der Waals surface area contributed by atoms with Gasteiger partial charge in [-0.15, -0.1) is 0 Å². The van der Waals surface area contributed by atoms with E-state index in [1.165, 1.54) is 6.26 Å². The van der Waals surface area contributed by atoms with Gasteiger partial charge in [0.15, 0.2) is 5.78 Å². The second-order valence-corrected chi connectivity index (χ2v) is 7.05. The fourth-order valence-corrected chi connectivity index (χ4v) is 2.92. The van der Waals surface area contributed by atoms with Gasteiger partial charge in [-0.3, -0.25) is 9.69 Å². The SMILES string of the molecule is CCC(CC)(C(=O)CCCS(C)(=O)=O)N(C)C. The fourth-order valence-electron chi connectivity index (χ4n) is 2.25. The van der Waals surface area contributed by atoms with E-state index in [4.69, 9.17) is 0 Å². The normalized spacial score (nSPS) is 13.1. The van der Waals surface area contributed by atoms with Gasteiger partial charge >= 0.3 is 0 Å². The van der Waals surface area contributed by atoms with E-state index in [0.29, 0.717) is 12.8 Å². The van der Waals surface area contributed by atoms with Crippen LogP contribution in [0.3, 0.4) is 0 Å². The highest BCUT2D eigenvalue weighted by atomic mass is 32.2. The number of carbonyl (C=O) groups is 1. The highest BCUT2D eigenvalue weighted by molar-refractivity contribution is 7.90. The molecule has 5 heteroatoms. The van der Waals surface area contributed by atoms with E-state index >= 15 is 0 Å². The number of hydrogen-bond acceptors (Lipinski definition) is 4. The molecule has 0 heterocycles. The Labute approximate surface area is 105 Å². The van der Waals surface area contributed by atoms with Gasteiger partial charge in [0.1, 0.15) is 9.84 Å². The van der Waals surface area contributed by atoms with E-state index in [0.717, 1.165) is 12.8 Å². The number of sulfone groups is 1. The van der Waals surface area contributed by atoms with Crippen LogP contribution in [-0.2, 0) is 14.6 Å². The number of rotatable bonds is 8. The average Bonchev–Trinajstić information content (AvgIpc) is 2.17. The Morgan fingerprint density at radius 1 is 1.18 bits per heavy atom. The maximum Gasteiger partial charge on any atom is 0.153 e. The molecule has 0 radical (unpaired) electrons. The van der Waals surface area contributed by atoms with Crippen LogP contribution in [0.2, 0.25) is 0 Å². The number of nitrogens with zero attached hydrogens (tertiary/aromatic N) is 1. The molecule has 102 valence electrons. The molecule has 0 rings (SSSR count). The monoisotopic (exact) mass is 263 g/mol. The van der Waals surface area contributed by atoms with Crippen LogP contribution in [-0.4, -0.2) is 50.7 Å². The Bertz CT molecular complexity index is 343. The van der Waals surface area contributed by atoms with Gasteiger partial charge in [-0.25, -0.2) is 8.42 Å². The average molecular weight is 263 g/mol. The first-order valence-corrected chi connectivity index (χ1v) is 8.14. The molecule has 0 aliphatic carbocycles. The van der Waals surface area contributed by atoms with Crippen molar-refractivity contribution in [3.05, 3.63) is 0 Å². The molecule has 17 heavy (non-hydrogen) atoms. The minimum Gasteiger partial charge on any atom is -0.298 e. The number of carbonyl (C=O) groups excluding carboxylic acids is 1. The largest absolute Gasteiger partial charge is 0.298 e. The maximum atomic E-state index is 12.2. The van der Waals surface area contributed by atoms with Crippen molar-refractivity contribution in [1.82, 2.24) is 4.90 Å². The van der Waals surface area contributed by atoms with Crippen LogP contribution in [0.15, 0.2) is 0 Å². The van der Waals surface area contributed by atoms with Crippen molar-refractivity contribution in [3.63, 3.8) is 0 Å². The Balaban J connectivity index is 4.56. The summed E-state index contributed by atoms with van der Waals surface area (Å²) in [6.45, 7) is 4.00. The minimum atomic E-state index is -2.96. The zero-order chi connectivity index (χ0) is 13.7. The standard InChI is InChI=1S/C12H25NO3S/c1-6-12(7-2,13(3)4)11(14)9-8-10-17(5,15)16/h6-10H2,1-5H3. The van der Waals surface area contributed by atoms with Crippen molar-refractivity contribution >= 4 is 15.6 Å². The summed E-state index contributed by atoms with van der Waals surface area (Å²) in [6.07, 6.45) is 3.49. The molecule has 0 amide bonds. The summed E-state index contributed by atoms with van der Waals surface area (Å²) >= 11 is 0. The molecule has 0 fully saturated rings. The molecule has 0 aliphatic rings. The van der Waals surface area contributed by atoms with E-state index in [-0.39, 0.29) is 11.5 Å². The van der Waals surface area contributed by atoms with Crippen LogP contribution in [0.1, 0.15) is 39.5 Å². The molecule has 0 aromatic rings. The summed E-state index contributed by atoms with van der Waals surface area (Å²) in [5.41, 5.74) is -0.433. The summed E-state index contributed by atoms with van der Waals surface area (Å²) in [7, 11) is 0.844. The van der Waals surface area contributed by atoms with Crippen LogP contribution in [0.4, 0.5) is 0 Å². The molecule has 0 aliphatic heterocycles. The van der Waals surface area contributed by atoms with E-state index in [2.05, 4.69) is 0 Å². The molecule has 0 unspecified atom stereocenters. The second-order valence-electron chi connectivity index (χ2n) is 4.79. The minimum absolute atomic E-state index is 0.0929. The molecule has 0 saturated heterocycles. The van der Waals surface area contributed by atoms with Crippen LogP contribution < -0.4 is 0 Å². The summed E-state index contributed by atoms with van der Waals surface area (Å²) in [4.78, 5) is 14.2. The number of hydrogen-bond donors (Lipinski definition) is 0. The van der Waals surface area contributed by atoms with Crippen molar-refractivity contribution < 1.29 is 13.2 Å². The van der Waals surface area contributed by atoms with Gasteiger partial charge in [-0.05, 0) is 33.4 Å². The predicted molar refractivity (Wildman–Crippen MR) is 71.0 cm³/mol. The first-order valence-electron chi connectivity index (χ1n) is 6.08. The number of likely N-dealkylation sites (N-methyl/N-ethyl adjacent to an activating group) is 1. The molecule has 0 aromatic carbocycles. The smallest absolute Gasteiger partial charge is 0.153 e. The van der Waals surface area contributed by atoms with Crippen molar-refractivity contribution in [3.8, 4) is 0 Å². The van der Waals surface area contributed by atoms with Crippen molar-refractivity contribution in [1.29, 1.82) is 0 Å². The summed E-state index contributed by atoms with van der Waals surface area (Å²) in [5, 5.41) is 0. The molecule has 0 atom stereocenters. The zero-order valence-electron chi connectivity index (χ0n) is 11.6. The highest BCUT2D eigenvalue weighted by Gasteiger charge is 2.35. The second kappa shape index (κ2) is 6.50. The van der Waals surface area contributed by atoms with Crippen LogP contribution >= 0.6 is 0 Å². The highest BCUT2D eigenvalue weighted by Crippen LogP contribution is 2.24. The first kappa shape index (κ1) is 16.6. The van der Waals surface area contributed by atoms with Crippen molar-refractivity contribution in [2.45, 2.75) is 45.1 Å². The Morgan fingerprint density at radius 2 is 1.65 bits per heavy atom. The molecular weight excluding hydrogens is 238 g/mol. The van der Waals surface area contributed by atoms with E-state index in [1.54, 1.807) is 0 Å². The molecule has 0 bridgehead atoms. The Kier molecular flexibility index (Phi) is 6.34. The summed E-state index contributed by atoms with van der Waals surface area (Å²) in [6, 6.07) is 0. The molecule has 0 N–H and O–H groups in total. The van der Waals surface area contributed by atoms with Crippen molar-refractivity contribution in [2.24, 2.45) is 0 Å². The van der Waals surface area contributed by atoms with Crippen molar-refractivity contribution in [2.75, 3.05) is 26.1 Å². The van der Waals surface area contributed by atoms with Gasteiger partial charge in [0.25, 0.3) is 0 Å². The molecule has 4 nitrogen and oxygen atoms in total. The summed E-state index contributed by atoms with van der Waals surface area (Å²) in [5.74, 6) is 0.242. The lowest BCUT2D eigenvalue weighted by Gasteiger charge is -2.37. The van der Waals surface area contributed by atoms with Gasteiger partial charge in [-0.2, -0.15) is 0 Å². The number of Topliss-reactive ketones (excluding diaryl/α,β-unsaturated/α-hetero) is 1. The van der Waals surface area contributed by atoms with E-state index in [9.17, 15) is 13.2 Å². The van der Waals surface area contributed by atoms with Gasteiger partial charge in [0.05, 0.1) is 11.3 Å². The van der Waals surface area contributed by atoms with E-state index in [1.807, 2.05) is 32.8 Å². The van der Waals surface area contributed by atoms with Crippen LogP contribution in [0.5, 0.6) is 0 Å². The lowest BCUT2D eigenvalue weighted by atomic mass is 9.84. The lowest BCUT2D eigenvalue weighted by molar-refractivity contribution is -0.130. The van der Waals surface area contributed by atoms with Gasteiger partial charge in [-0.1, -0.05) is 13.8 Å². The Hall–Kier alpha value is -0.420. The fraction of sp³-hybridized carbons (Fsp3) is 0.917. The maximum absolute atomic E-state index is 12.2. The lowest BCUT2D eigenvalue weighted by Crippen LogP contribution is -2.50. The zero-order valence-corrected chi connectivity index (χ0v) is 12.4. The third-order valence-electron chi connectivity index (χ3n) is 3.46. The first-order chi connectivity index (χ1) is 7.69. The topological polar surface area (TPSA) is 54.5 Å². The summed E-state index contributed by atoms with van der Waals surface area (Å²) < 4.78 is 22.0. The molecule has 0 spiro atoms. The third kappa shape index (κ3) is 4.76. The predicted octanol–water partition coefficient (Wildman–Crippen LogP) is 1.50. The third-order valence-corrected chi connectivity index (χ3v) is 4.49. The van der Waals surface area contributed by atoms with Crippen LogP contribution in [0.25, 0.3) is 0 Å². The van der Waals surface area contributed by atoms with E-state index < -0.39 is 15.4 Å². The molecule has 0 aromatic heterocycles. The molecule has 0 saturated carbocycles.